The molecule has 0 aliphatic heterocycles. The summed E-state index contributed by atoms with van der Waals surface area (Å²) in [5.74, 6) is 0. The summed E-state index contributed by atoms with van der Waals surface area (Å²) in [6, 6.07) is 0. The van der Waals surface area contributed by atoms with Gasteiger partial charge in [-0.3, -0.25) is 0 Å². The second-order valence-corrected chi connectivity index (χ2v) is 0.136. The fraction of sp³-hybridized carbons (Fsp3) is 0. The Hall–Kier alpha value is 0.409. The topological polar surface area (TPSA) is 111 Å². The largest absolute Gasteiger partial charge is 4.00 e. The van der Waals surface area contributed by atoms with E-state index in [2.05, 4.69) is 0 Å². The van der Waals surface area contributed by atoms with Crippen molar-refractivity contribution in [1.29, 1.82) is 0 Å². The fourth-order valence-corrected chi connectivity index (χ4v) is 0. The minimum absolute atomic E-state index is 0. The number of hydrogen-bond acceptors (Lipinski definition) is 6. The Morgan fingerprint density at radius 3 is 0.714 bits per heavy atom. The van der Waals surface area contributed by atoms with Gasteiger partial charge in [0, 0.05) is 0 Å². The van der Waals surface area contributed by atoms with E-state index in [1.807, 2.05) is 0 Å². The van der Waals surface area contributed by atoms with Gasteiger partial charge in [-0.25, -0.2) is 0 Å². The third kappa shape index (κ3) is 744. The maximum absolute atomic E-state index is 7.88. The molecule has 0 aliphatic carbocycles. The van der Waals surface area contributed by atoms with E-state index in [1.165, 1.54) is 0 Å². The molecule has 0 aromatic heterocycles. The van der Waals surface area contributed by atoms with Crippen molar-refractivity contribution in [2.24, 2.45) is 0 Å². The molecular weight excluding hydrogens is 288 g/mol. The van der Waals surface area contributed by atoms with Gasteiger partial charge >= 0.3 is 20.1 Å². The van der Waals surface area contributed by atoms with Crippen LogP contribution < -0.4 is 21.0 Å². The Kier molecular flexibility index (Phi) is 72.3. The molecule has 0 saturated heterocycles. The zero-order chi connectivity index (χ0) is 5.41. The molecule has 1 radical (unpaired) electrons. The first kappa shape index (κ1) is 15.7. The van der Waals surface area contributed by atoms with Crippen LogP contribution >= 0.6 is 0 Å². The molecule has 0 rings (SSSR count). The van der Waals surface area contributed by atoms with Gasteiger partial charge in [0.2, 0.25) is 0 Å². The smallest absolute Gasteiger partial charge is 0.734 e. The summed E-state index contributed by atoms with van der Waals surface area (Å²) in [7, 11) is 0. The van der Waals surface area contributed by atoms with Crippen molar-refractivity contribution in [1.82, 2.24) is 0 Å². The molecule has 0 aromatic carbocycles. The van der Waals surface area contributed by atoms with Crippen LogP contribution in [0, 0.1) is 0 Å². The molecule has 0 atom stereocenters. The van der Waals surface area contributed by atoms with Crippen LogP contribution in [0.15, 0.2) is 0 Å². The molecule has 0 amide bonds. The summed E-state index contributed by atoms with van der Waals surface area (Å²) in [6.45, 7) is 0. The molecular formula is IrO6. The molecule has 7 heavy (non-hydrogen) atoms. The third-order valence-corrected chi connectivity index (χ3v) is 0. The van der Waals surface area contributed by atoms with Crippen molar-refractivity contribution < 1.29 is 51.2 Å². The van der Waals surface area contributed by atoms with Crippen molar-refractivity contribution in [2.45, 2.75) is 0 Å². The normalized spacial score (nSPS) is 5.14. The molecule has 0 aliphatic rings. The van der Waals surface area contributed by atoms with Gasteiger partial charge < -0.3 is 31.1 Å². The van der Waals surface area contributed by atoms with E-state index in [4.69, 9.17) is 21.0 Å². The van der Waals surface area contributed by atoms with E-state index in [-0.39, 0.29) is 20.1 Å². The maximum atomic E-state index is 7.88. The average molecular weight is 288 g/mol. The molecule has 0 N–H and O–H groups in total. The average Bonchev–Trinajstić information content (AvgIpc) is 1.39. The van der Waals surface area contributed by atoms with Gasteiger partial charge in [0.15, 0.2) is 0 Å². The Morgan fingerprint density at radius 1 is 0.714 bits per heavy atom. The van der Waals surface area contributed by atoms with E-state index in [1.54, 1.807) is 10.1 Å². The molecule has 0 unspecified atom stereocenters. The van der Waals surface area contributed by atoms with Crippen molar-refractivity contribution in [3.63, 3.8) is 0 Å². The van der Waals surface area contributed by atoms with Gasteiger partial charge in [0.1, 0.15) is 0 Å². The summed E-state index contributed by atoms with van der Waals surface area (Å²) < 4.78 is 0. The first-order chi connectivity index (χ1) is 2.83. The summed E-state index contributed by atoms with van der Waals surface area (Å²) in [5, 5.41) is 35.0. The molecule has 0 fully saturated rings. The minimum Gasteiger partial charge on any atom is -0.734 e. The van der Waals surface area contributed by atoms with Crippen molar-refractivity contribution in [3.8, 4) is 0 Å². The third-order valence-electron chi connectivity index (χ3n) is 0. The van der Waals surface area contributed by atoms with Gasteiger partial charge in [-0.15, -0.1) is 0 Å². The molecule has 45 valence electrons. The molecule has 6 nitrogen and oxygen atoms in total. The van der Waals surface area contributed by atoms with Crippen molar-refractivity contribution in [2.75, 3.05) is 0 Å². The first-order valence-corrected chi connectivity index (χ1v) is 0.667. The van der Waals surface area contributed by atoms with E-state index in [9.17, 15) is 0 Å². The monoisotopic (exact) mass is 289 g/mol. The van der Waals surface area contributed by atoms with Crippen LogP contribution in [-0.4, -0.2) is 0 Å². The summed E-state index contributed by atoms with van der Waals surface area (Å²) in [4.78, 5) is 0. The van der Waals surface area contributed by atoms with Gasteiger partial charge in [-0.1, -0.05) is 0 Å². The maximum Gasteiger partial charge on any atom is 4.00 e. The zero-order valence-electron chi connectivity index (χ0n) is 2.78. The standard InChI is InChI=1S/Ir.2H2O3/c;2*1-3-2/h;2*1-2H/q+4;;/p-4. The molecule has 0 saturated carbocycles. The van der Waals surface area contributed by atoms with E-state index >= 15 is 0 Å². The SMILES string of the molecule is [Ir+4].[O-]O[O-].[O-]O[O-]. The summed E-state index contributed by atoms with van der Waals surface area (Å²) >= 11 is 0. The predicted molar refractivity (Wildman–Crippen MR) is 2.17 cm³/mol. The summed E-state index contributed by atoms with van der Waals surface area (Å²) in [5.41, 5.74) is 0. The Labute approximate surface area is 52.0 Å². The van der Waals surface area contributed by atoms with E-state index in [0.717, 1.165) is 0 Å². The van der Waals surface area contributed by atoms with Crippen molar-refractivity contribution >= 4 is 0 Å². The molecule has 0 spiro atoms. The Morgan fingerprint density at radius 2 is 0.714 bits per heavy atom. The molecule has 7 heteroatoms. The molecule has 0 heterocycles. The van der Waals surface area contributed by atoms with Crippen LogP contribution in [0.2, 0.25) is 0 Å². The van der Waals surface area contributed by atoms with Crippen LogP contribution in [0.4, 0.5) is 0 Å². The van der Waals surface area contributed by atoms with Crippen molar-refractivity contribution in [3.05, 3.63) is 0 Å². The van der Waals surface area contributed by atoms with Gasteiger partial charge in [0.05, 0.1) is 0 Å². The summed E-state index contributed by atoms with van der Waals surface area (Å²) in [6.07, 6.45) is 0. The number of rotatable bonds is 0. The van der Waals surface area contributed by atoms with Gasteiger partial charge in [-0.05, 0) is 0 Å². The minimum atomic E-state index is 0. The van der Waals surface area contributed by atoms with Gasteiger partial charge in [0.25, 0.3) is 0 Å². The predicted octanol–water partition coefficient (Wildman–Crippen LogP) is -4.90. The molecule has 0 aromatic rings. The van der Waals surface area contributed by atoms with E-state index < -0.39 is 0 Å². The van der Waals surface area contributed by atoms with Crippen LogP contribution in [0.25, 0.3) is 0 Å². The van der Waals surface area contributed by atoms with Crippen LogP contribution in [-0.2, 0) is 30.2 Å². The quantitative estimate of drug-likeness (QED) is 0.326. The van der Waals surface area contributed by atoms with E-state index in [0.29, 0.717) is 0 Å². The Balaban J connectivity index is -0.0000000400. The second kappa shape index (κ2) is 32.3. The number of hydrogen-bond donors (Lipinski definition) is 0. The first-order valence-electron chi connectivity index (χ1n) is 0.667. The Bertz CT molecular complexity index is 6.14. The van der Waals surface area contributed by atoms with Gasteiger partial charge in [-0.2, -0.15) is 0 Å². The van der Waals surface area contributed by atoms with Crippen LogP contribution in [0.5, 0.6) is 0 Å². The fourth-order valence-electron chi connectivity index (χ4n) is 0. The second-order valence-electron chi connectivity index (χ2n) is 0.136. The zero-order valence-corrected chi connectivity index (χ0v) is 5.18. The van der Waals surface area contributed by atoms with Crippen LogP contribution in [0.1, 0.15) is 0 Å². The van der Waals surface area contributed by atoms with Crippen LogP contribution in [0.3, 0.4) is 0 Å². The molecule has 0 bridgehead atoms.